The Labute approximate surface area is 178 Å². The van der Waals surface area contributed by atoms with Crippen molar-refractivity contribution in [1.29, 1.82) is 0 Å². The van der Waals surface area contributed by atoms with E-state index in [1.54, 1.807) is 14.2 Å². The Hall–Kier alpha value is -3.32. The third-order valence-electron chi connectivity index (χ3n) is 4.53. The van der Waals surface area contributed by atoms with Crippen LogP contribution in [0.2, 0.25) is 0 Å². The Morgan fingerprint density at radius 3 is 2.43 bits per heavy atom. The van der Waals surface area contributed by atoms with E-state index < -0.39 is 0 Å². The second-order valence-electron chi connectivity index (χ2n) is 7.10. The lowest BCUT2D eigenvalue weighted by atomic mass is 10.1. The van der Waals surface area contributed by atoms with Crippen LogP contribution >= 0.6 is 0 Å². The van der Waals surface area contributed by atoms with Crippen LogP contribution in [0.1, 0.15) is 6.42 Å². The van der Waals surface area contributed by atoms with Crippen LogP contribution in [-0.4, -0.2) is 56.3 Å². The largest absolute Gasteiger partial charge is 0.497 e. The van der Waals surface area contributed by atoms with E-state index in [4.69, 9.17) is 14.5 Å². The molecule has 0 bridgehead atoms. The van der Waals surface area contributed by atoms with Gasteiger partial charge in [-0.15, -0.1) is 0 Å². The Bertz CT molecular complexity index is 948. The molecule has 0 amide bonds. The number of nitrogens with one attached hydrogen (secondary N) is 2. The zero-order valence-corrected chi connectivity index (χ0v) is 18.0. The molecule has 2 aromatic carbocycles. The van der Waals surface area contributed by atoms with Crippen LogP contribution in [0.4, 0.5) is 17.5 Å². The first-order valence-electron chi connectivity index (χ1n) is 9.91. The van der Waals surface area contributed by atoms with Crippen LogP contribution in [0.3, 0.4) is 0 Å². The fraction of sp³-hybridized carbons (Fsp3) is 0.304. The van der Waals surface area contributed by atoms with Gasteiger partial charge >= 0.3 is 0 Å². The summed E-state index contributed by atoms with van der Waals surface area (Å²) in [6, 6.07) is 17.6. The van der Waals surface area contributed by atoms with E-state index in [1.807, 2.05) is 54.6 Å². The fourth-order valence-electron chi connectivity index (χ4n) is 2.98. The molecule has 0 aliphatic carbocycles. The van der Waals surface area contributed by atoms with E-state index in [2.05, 4.69) is 34.6 Å². The highest BCUT2D eigenvalue weighted by atomic mass is 16.5. The summed E-state index contributed by atoms with van der Waals surface area (Å²) in [5.74, 6) is 2.68. The lowest BCUT2D eigenvalue weighted by Gasteiger charge is -2.15. The topological polar surface area (TPSA) is 71.5 Å². The van der Waals surface area contributed by atoms with Crippen LogP contribution in [0, 0.1) is 0 Å². The molecule has 0 saturated heterocycles. The minimum absolute atomic E-state index is 0.588. The smallest absolute Gasteiger partial charge is 0.225 e. The molecule has 1 heterocycles. The lowest BCUT2D eigenvalue weighted by Crippen LogP contribution is -2.17. The van der Waals surface area contributed by atoms with Crippen molar-refractivity contribution >= 4 is 17.5 Å². The molecule has 2 N–H and O–H groups in total. The molecule has 0 aliphatic rings. The maximum absolute atomic E-state index is 5.50. The molecule has 0 atom stereocenters. The predicted octanol–water partition coefficient (Wildman–Crippen LogP) is 4.27. The van der Waals surface area contributed by atoms with Crippen molar-refractivity contribution in [3.63, 3.8) is 0 Å². The van der Waals surface area contributed by atoms with Crippen LogP contribution in [-0.2, 0) is 0 Å². The van der Waals surface area contributed by atoms with Crippen LogP contribution in [0.5, 0.6) is 11.5 Å². The summed E-state index contributed by atoms with van der Waals surface area (Å²) in [7, 11) is 7.40. The maximum Gasteiger partial charge on any atom is 0.225 e. The molecule has 0 unspecified atom stereocenters. The summed E-state index contributed by atoms with van der Waals surface area (Å²) in [5.41, 5.74) is 2.67. The summed E-state index contributed by atoms with van der Waals surface area (Å²) in [6.45, 7) is 1.79. The van der Waals surface area contributed by atoms with Gasteiger partial charge in [0.25, 0.3) is 0 Å². The van der Waals surface area contributed by atoms with Gasteiger partial charge in [-0.3, -0.25) is 0 Å². The highest BCUT2D eigenvalue weighted by Gasteiger charge is 2.10. The first kappa shape index (κ1) is 21.4. The van der Waals surface area contributed by atoms with Crippen molar-refractivity contribution in [3.05, 3.63) is 54.6 Å². The number of methoxy groups -OCH3 is 2. The van der Waals surface area contributed by atoms with Gasteiger partial charge in [-0.05, 0) is 39.2 Å². The predicted molar refractivity (Wildman–Crippen MR) is 122 cm³/mol. The standard InChI is InChI=1S/C23H29N5O2/c1-28(2)14-8-13-24-23-26-20(17-9-6-5-7-10-17)16-22(27-23)25-19-12-11-18(29-3)15-21(19)30-4/h5-7,9-12,15-16H,8,13-14H2,1-4H3,(H2,24,25,26,27). The van der Waals surface area contributed by atoms with E-state index in [0.29, 0.717) is 17.5 Å². The second-order valence-corrected chi connectivity index (χ2v) is 7.10. The summed E-state index contributed by atoms with van der Waals surface area (Å²) in [5, 5.41) is 6.70. The molecule has 0 fully saturated rings. The molecule has 7 heteroatoms. The van der Waals surface area contributed by atoms with E-state index in [0.717, 1.165) is 42.2 Å². The Balaban J connectivity index is 1.88. The first-order chi connectivity index (χ1) is 14.6. The summed E-state index contributed by atoms with van der Waals surface area (Å²) < 4.78 is 10.8. The van der Waals surface area contributed by atoms with Gasteiger partial charge in [0.2, 0.25) is 5.95 Å². The van der Waals surface area contributed by atoms with Gasteiger partial charge in [-0.25, -0.2) is 4.98 Å². The van der Waals surface area contributed by atoms with Gasteiger partial charge in [0.15, 0.2) is 0 Å². The van der Waals surface area contributed by atoms with Crippen LogP contribution in [0.25, 0.3) is 11.3 Å². The number of hydrogen-bond donors (Lipinski definition) is 2. The summed E-state index contributed by atoms with van der Waals surface area (Å²) >= 11 is 0. The molecule has 7 nitrogen and oxygen atoms in total. The Morgan fingerprint density at radius 1 is 0.933 bits per heavy atom. The quantitative estimate of drug-likeness (QED) is 0.486. The summed E-state index contributed by atoms with van der Waals surface area (Å²) in [4.78, 5) is 11.5. The number of ether oxygens (including phenoxy) is 2. The highest BCUT2D eigenvalue weighted by molar-refractivity contribution is 5.70. The zero-order chi connectivity index (χ0) is 21.3. The van der Waals surface area contributed by atoms with Crippen LogP contribution in [0.15, 0.2) is 54.6 Å². The van der Waals surface area contributed by atoms with Gasteiger partial charge in [-0.1, -0.05) is 30.3 Å². The number of aromatic nitrogens is 2. The normalized spacial score (nSPS) is 10.7. The fourth-order valence-corrected chi connectivity index (χ4v) is 2.98. The third-order valence-corrected chi connectivity index (χ3v) is 4.53. The monoisotopic (exact) mass is 407 g/mol. The molecule has 1 aromatic heterocycles. The van der Waals surface area contributed by atoms with E-state index >= 15 is 0 Å². The van der Waals surface area contributed by atoms with Crippen molar-refractivity contribution < 1.29 is 9.47 Å². The number of benzene rings is 2. The molecular weight excluding hydrogens is 378 g/mol. The highest BCUT2D eigenvalue weighted by Crippen LogP contribution is 2.32. The Morgan fingerprint density at radius 2 is 1.73 bits per heavy atom. The molecule has 30 heavy (non-hydrogen) atoms. The molecular formula is C23H29N5O2. The van der Waals surface area contributed by atoms with E-state index in [9.17, 15) is 0 Å². The maximum atomic E-state index is 5.50. The molecule has 158 valence electrons. The van der Waals surface area contributed by atoms with Crippen LogP contribution < -0.4 is 20.1 Å². The van der Waals surface area contributed by atoms with Crippen molar-refractivity contribution in [3.8, 4) is 22.8 Å². The molecule has 3 rings (SSSR count). The minimum Gasteiger partial charge on any atom is -0.497 e. The number of rotatable bonds is 10. The third kappa shape index (κ3) is 5.84. The average Bonchev–Trinajstić information content (AvgIpc) is 2.77. The molecule has 0 spiro atoms. The number of nitrogens with zero attached hydrogens (tertiary/aromatic N) is 3. The molecule has 0 radical (unpaired) electrons. The number of hydrogen-bond acceptors (Lipinski definition) is 7. The molecule has 0 aliphatic heterocycles. The molecule has 3 aromatic rings. The SMILES string of the molecule is COc1ccc(Nc2cc(-c3ccccc3)nc(NCCCN(C)C)n2)c(OC)c1. The van der Waals surface area contributed by atoms with Gasteiger partial charge in [-0.2, -0.15) is 4.98 Å². The average molecular weight is 408 g/mol. The minimum atomic E-state index is 0.588. The first-order valence-corrected chi connectivity index (χ1v) is 9.91. The zero-order valence-electron chi connectivity index (χ0n) is 18.0. The van der Waals surface area contributed by atoms with Gasteiger partial charge in [0, 0.05) is 24.2 Å². The molecule has 0 saturated carbocycles. The summed E-state index contributed by atoms with van der Waals surface area (Å²) in [6.07, 6.45) is 1.00. The Kier molecular flexibility index (Phi) is 7.45. The van der Waals surface area contributed by atoms with Gasteiger partial charge in [0.05, 0.1) is 25.6 Å². The number of anilines is 3. The van der Waals surface area contributed by atoms with Gasteiger partial charge < -0.3 is 25.0 Å². The van der Waals surface area contributed by atoms with Crippen molar-refractivity contribution in [2.75, 3.05) is 52.0 Å². The van der Waals surface area contributed by atoms with E-state index in [-0.39, 0.29) is 0 Å². The van der Waals surface area contributed by atoms with E-state index in [1.165, 1.54) is 0 Å². The second kappa shape index (κ2) is 10.5. The van der Waals surface area contributed by atoms with Gasteiger partial charge in [0.1, 0.15) is 17.3 Å². The van der Waals surface area contributed by atoms with Crippen molar-refractivity contribution in [2.45, 2.75) is 6.42 Å². The van der Waals surface area contributed by atoms with Crippen molar-refractivity contribution in [2.24, 2.45) is 0 Å². The lowest BCUT2D eigenvalue weighted by molar-refractivity contribution is 0.395. The van der Waals surface area contributed by atoms with Crippen molar-refractivity contribution in [1.82, 2.24) is 14.9 Å².